The molecular weight excluding hydrogens is 336 g/mol. The molecule has 0 aliphatic carbocycles. The molecule has 0 amide bonds. The Morgan fingerprint density at radius 2 is 1.78 bits per heavy atom. The Morgan fingerprint density at radius 3 is 2.22 bits per heavy atom. The minimum Gasteiger partial charge on any atom is -0.483 e. The van der Waals surface area contributed by atoms with Crippen LogP contribution in [-0.2, 0) is 16.4 Å². The Morgan fingerprint density at radius 1 is 1.22 bits per heavy atom. The summed E-state index contributed by atoms with van der Waals surface area (Å²) in [7, 11) is 0. The highest BCUT2D eigenvalue weighted by Gasteiger charge is 2.02. The molecule has 0 fully saturated rings. The molecule has 23 heavy (non-hydrogen) atoms. The van der Waals surface area contributed by atoms with Gasteiger partial charge in [-0.1, -0.05) is 31.0 Å². The monoisotopic (exact) mass is 356 g/mol. The van der Waals surface area contributed by atoms with Gasteiger partial charge in [-0.15, -0.1) is 0 Å². The highest BCUT2D eigenvalue weighted by molar-refractivity contribution is 8.00. The number of hydrogen-bond donors (Lipinski definition) is 3. The van der Waals surface area contributed by atoms with E-state index < -0.39 is 11.6 Å². The van der Waals surface area contributed by atoms with Crippen LogP contribution in [0.15, 0.2) is 36.5 Å². The standard InChI is InChI=1S/C14H18N2S.CH2O2.O2S/c1-3-10-17-16-13-6-4-12(5-7-13)14-8-9-15-11(14)2;2-1-3;1-3-2/h4-9,15-16H,3,10H2,1-2H3;1H,(H,2,3);. The Bertz CT molecular complexity index is 594. The molecule has 2 aromatic rings. The third-order valence-corrected chi connectivity index (χ3v) is 3.64. The molecule has 126 valence electrons. The molecule has 0 saturated heterocycles. The first-order valence-corrected chi connectivity index (χ1v) is 8.41. The lowest BCUT2D eigenvalue weighted by Gasteiger charge is -2.06. The molecule has 3 N–H and O–H groups in total. The molecule has 0 atom stereocenters. The zero-order chi connectivity index (χ0) is 17.5. The molecule has 0 radical (unpaired) electrons. The highest BCUT2D eigenvalue weighted by atomic mass is 32.2. The number of rotatable bonds is 5. The van der Waals surface area contributed by atoms with Gasteiger partial charge >= 0.3 is 11.6 Å². The molecule has 0 aliphatic heterocycles. The van der Waals surface area contributed by atoms with Crippen LogP contribution in [0.1, 0.15) is 19.0 Å². The molecule has 2 rings (SSSR count). The Hall–Kier alpha value is -2.06. The fraction of sp³-hybridized carbons (Fsp3) is 0.267. The lowest BCUT2D eigenvalue weighted by Crippen LogP contribution is -1.88. The molecule has 1 heterocycles. The zero-order valence-electron chi connectivity index (χ0n) is 12.9. The van der Waals surface area contributed by atoms with Crippen LogP contribution < -0.4 is 4.72 Å². The van der Waals surface area contributed by atoms with E-state index in [-0.39, 0.29) is 6.47 Å². The second-order valence-corrected chi connectivity index (χ2v) is 5.25. The highest BCUT2D eigenvalue weighted by Crippen LogP contribution is 2.24. The first-order chi connectivity index (χ1) is 11.1. The van der Waals surface area contributed by atoms with Crippen molar-refractivity contribution in [3.05, 3.63) is 42.2 Å². The minimum absolute atomic E-state index is 0.250. The fourth-order valence-corrected chi connectivity index (χ4v) is 2.33. The van der Waals surface area contributed by atoms with Gasteiger partial charge in [0.2, 0.25) is 0 Å². The van der Waals surface area contributed by atoms with Crippen LogP contribution in [0.2, 0.25) is 0 Å². The second-order valence-electron chi connectivity index (χ2n) is 4.22. The van der Waals surface area contributed by atoms with Crippen molar-refractivity contribution in [3.63, 3.8) is 0 Å². The van der Waals surface area contributed by atoms with Crippen molar-refractivity contribution >= 4 is 35.7 Å². The quantitative estimate of drug-likeness (QED) is 0.431. The van der Waals surface area contributed by atoms with Gasteiger partial charge in [-0.25, -0.2) is 0 Å². The maximum atomic E-state index is 8.36. The maximum Gasteiger partial charge on any atom is 0.335 e. The minimum atomic E-state index is -0.750. The molecular formula is C15H20N2O4S2. The molecule has 1 aromatic heterocycles. The van der Waals surface area contributed by atoms with E-state index in [1.54, 1.807) is 11.9 Å². The van der Waals surface area contributed by atoms with Gasteiger partial charge < -0.3 is 14.8 Å². The summed E-state index contributed by atoms with van der Waals surface area (Å²) in [5.41, 5.74) is 4.92. The maximum absolute atomic E-state index is 8.36. The van der Waals surface area contributed by atoms with Gasteiger partial charge in [0.25, 0.3) is 6.47 Å². The Kier molecular flexibility index (Phi) is 12.4. The number of hydrogen-bond acceptors (Lipinski definition) is 5. The van der Waals surface area contributed by atoms with Crippen LogP contribution in [0.3, 0.4) is 0 Å². The number of aromatic amines is 1. The summed E-state index contributed by atoms with van der Waals surface area (Å²) >= 11 is 1.01. The van der Waals surface area contributed by atoms with E-state index in [0.29, 0.717) is 0 Å². The van der Waals surface area contributed by atoms with E-state index in [0.717, 1.165) is 5.75 Å². The van der Waals surface area contributed by atoms with Crippen LogP contribution in [0.5, 0.6) is 0 Å². The average molecular weight is 356 g/mol. The molecule has 0 bridgehead atoms. The SMILES string of the molecule is CCCSNc1ccc(-c2cc[nH]c2C)cc1.O=CO.O=S=O. The van der Waals surface area contributed by atoms with Crippen molar-refractivity contribution in [1.82, 2.24) is 4.98 Å². The summed E-state index contributed by atoms with van der Waals surface area (Å²) in [5, 5.41) is 6.89. The Labute approximate surface area is 143 Å². The van der Waals surface area contributed by atoms with Gasteiger partial charge in [0, 0.05) is 28.9 Å². The fourth-order valence-electron chi connectivity index (χ4n) is 1.72. The summed E-state index contributed by atoms with van der Waals surface area (Å²) < 4.78 is 19.9. The van der Waals surface area contributed by atoms with Crippen molar-refractivity contribution in [3.8, 4) is 11.1 Å². The number of carboxylic acid groups (broad SMARTS) is 1. The van der Waals surface area contributed by atoms with Crippen molar-refractivity contribution in [2.45, 2.75) is 20.3 Å². The van der Waals surface area contributed by atoms with Crippen LogP contribution in [-0.4, -0.2) is 30.7 Å². The van der Waals surface area contributed by atoms with Gasteiger partial charge in [0.15, 0.2) is 0 Å². The summed E-state index contributed by atoms with van der Waals surface area (Å²) in [6.45, 7) is 4.03. The van der Waals surface area contributed by atoms with Gasteiger partial charge in [-0.3, -0.25) is 4.79 Å². The van der Waals surface area contributed by atoms with Gasteiger partial charge in [-0.2, -0.15) is 8.42 Å². The average Bonchev–Trinajstić information content (AvgIpc) is 2.96. The third kappa shape index (κ3) is 8.84. The first kappa shape index (κ1) is 20.9. The molecule has 0 saturated carbocycles. The van der Waals surface area contributed by atoms with Gasteiger partial charge in [-0.05, 0) is 37.1 Å². The molecule has 6 nitrogen and oxygen atoms in total. The topological polar surface area (TPSA) is 99.3 Å². The summed E-state index contributed by atoms with van der Waals surface area (Å²) in [5.74, 6) is 1.14. The Balaban J connectivity index is 0.000000704. The second kappa shape index (κ2) is 13.6. The van der Waals surface area contributed by atoms with E-state index in [1.165, 1.54) is 28.9 Å². The first-order valence-electron chi connectivity index (χ1n) is 6.76. The summed E-state index contributed by atoms with van der Waals surface area (Å²) in [6.07, 6.45) is 3.17. The summed E-state index contributed by atoms with van der Waals surface area (Å²) in [4.78, 5) is 11.6. The molecule has 1 aromatic carbocycles. The number of anilines is 1. The number of aromatic nitrogens is 1. The van der Waals surface area contributed by atoms with Crippen molar-refractivity contribution in [2.75, 3.05) is 10.5 Å². The van der Waals surface area contributed by atoms with Crippen LogP contribution >= 0.6 is 11.9 Å². The van der Waals surface area contributed by atoms with Crippen LogP contribution in [0.4, 0.5) is 5.69 Å². The number of carbonyl (C=O) groups is 1. The van der Waals surface area contributed by atoms with E-state index in [1.807, 2.05) is 6.20 Å². The third-order valence-electron chi connectivity index (χ3n) is 2.65. The van der Waals surface area contributed by atoms with E-state index in [2.05, 4.69) is 53.9 Å². The number of nitrogens with one attached hydrogen (secondary N) is 2. The molecule has 0 aliphatic rings. The molecule has 0 unspecified atom stereocenters. The predicted molar refractivity (Wildman–Crippen MR) is 95.0 cm³/mol. The number of benzene rings is 1. The molecule has 0 spiro atoms. The zero-order valence-corrected chi connectivity index (χ0v) is 14.6. The normalized spacial score (nSPS) is 8.78. The number of H-pyrrole nitrogens is 1. The smallest absolute Gasteiger partial charge is 0.335 e. The van der Waals surface area contributed by atoms with Crippen molar-refractivity contribution in [2.24, 2.45) is 0 Å². The van der Waals surface area contributed by atoms with E-state index in [9.17, 15) is 0 Å². The van der Waals surface area contributed by atoms with Crippen LogP contribution in [0, 0.1) is 6.92 Å². The molecule has 8 heteroatoms. The van der Waals surface area contributed by atoms with Crippen LogP contribution in [0.25, 0.3) is 11.1 Å². The van der Waals surface area contributed by atoms with E-state index >= 15 is 0 Å². The number of aryl methyl sites for hydroxylation is 1. The largest absolute Gasteiger partial charge is 0.483 e. The lowest BCUT2D eigenvalue weighted by atomic mass is 10.1. The van der Waals surface area contributed by atoms with Crippen molar-refractivity contribution in [1.29, 1.82) is 0 Å². The van der Waals surface area contributed by atoms with Gasteiger partial charge in [0.05, 0.1) is 0 Å². The van der Waals surface area contributed by atoms with Crippen molar-refractivity contribution < 1.29 is 18.3 Å². The predicted octanol–water partition coefficient (Wildman–Crippen LogP) is 3.49. The lowest BCUT2D eigenvalue weighted by molar-refractivity contribution is -0.122. The summed E-state index contributed by atoms with van der Waals surface area (Å²) in [6, 6.07) is 10.7. The van der Waals surface area contributed by atoms with E-state index in [4.69, 9.17) is 18.3 Å². The van der Waals surface area contributed by atoms with Gasteiger partial charge in [0.1, 0.15) is 0 Å².